The molecule has 0 bridgehead atoms. The molecule has 0 saturated carbocycles. The van der Waals surface area contributed by atoms with Gasteiger partial charge in [-0.2, -0.15) is 0 Å². The van der Waals surface area contributed by atoms with Crippen molar-refractivity contribution in [2.24, 2.45) is 13.0 Å². The lowest BCUT2D eigenvalue weighted by Crippen LogP contribution is -2.44. The smallest absolute Gasteiger partial charge is 0.330 e. The summed E-state index contributed by atoms with van der Waals surface area (Å²) in [4.78, 5) is 31.8. The summed E-state index contributed by atoms with van der Waals surface area (Å²) in [5.41, 5.74) is 1.50. The van der Waals surface area contributed by atoms with Gasteiger partial charge in [-0.15, -0.1) is 0 Å². The summed E-state index contributed by atoms with van der Waals surface area (Å²) in [5.74, 6) is 0.317. The van der Waals surface area contributed by atoms with E-state index in [0.717, 1.165) is 37.7 Å². The topological polar surface area (TPSA) is 60.1 Å². The van der Waals surface area contributed by atoms with Crippen molar-refractivity contribution in [3.63, 3.8) is 0 Å². The average Bonchev–Trinajstić information content (AvgIpc) is 3.23. The maximum Gasteiger partial charge on any atom is 0.330 e. The van der Waals surface area contributed by atoms with Crippen LogP contribution in [0.25, 0.3) is 11.2 Å². The van der Waals surface area contributed by atoms with Crippen LogP contribution in [0.15, 0.2) is 35.3 Å². The van der Waals surface area contributed by atoms with E-state index in [1.807, 2.05) is 17.0 Å². The lowest BCUT2D eigenvalue weighted by Gasteiger charge is -2.34. The minimum atomic E-state index is -0.0504. The number of imidazole rings is 1. The number of hydrogen-bond donors (Lipinski definition) is 0. The molecule has 6 heteroatoms. The van der Waals surface area contributed by atoms with E-state index in [4.69, 9.17) is 0 Å². The van der Waals surface area contributed by atoms with Crippen LogP contribution in [0, 0.1) is 5.92 Å². The van der Waals surface area contributed by atoms with Gasteiger partial charge in [0.2, 0.25) is 5.91 Å². The number of carbonyl (C=O) groups excluding carboxylic acids is 1. The molecule has 1 saturated heterocycles. The SMILES string of the molecule is Cn1c(=O)n([C@H]2CCCN(C(=O)C3CC=CC3)C2)c2ncccc21. The normalized spacial score (nSPS) is 21.7. The summed E-state index contributed by atoms with van der Waals surface area (Å²) in [5, 5.41) is 0. The fourth-order valence-electron chi connectivity index (χ4n) is 3.96. The second-order valence-corrected chi connectivity index (χ2v) is 6.78. The molecule has 2 aliphatic rings. The van der Waals surface area contributed by atoms with E-state index in [1.54, 1.807) is 22.4 Å². The summed E-state index contributed by atoms with van der Waals surface area (Å²) in [6.45, 7) is 1.39. The molecule has 0 N–H and O–H groups in total. The number of hydrogen-bond acceptors (Lipinski definition) is 3. The van der Waals surface area contributed by atoms with Crippen molar-refractivity contribution < 1.29 is 4.79 Å². The molecule has 126 valence electrons. The van der Waals surface area contributed by atoms with Gasteiger partial charge in [0.05, 0.1) is 11.6 Å². The van der Waals surface area contributed by atoms with Gasteiger partial charge in [0.1, 0.15) is 0 Å². The zero-order chi connectivity index (χ0) is 16.7. The largest absolute Gasteiger partial charge is 0.340 e. The second kappa shape index (κ2) is 5.92. The van der Waals surface area contributed by atoms with Crippen LogP contribution in [0.1, 0.15) is 31.7 Å². The van der Waals surface area contributed by atoms with E-state index in [0.29, 0.717) is 12.2 Å². The third-order valence-electron chi connectivity index (χ3n) is 5.28. The van der Waals surface area contributed by atoms with Crippen molar-refractivity contribution in [2.45, 2.75) is 31.7 Å². The van der Waals surface area contributed by atoms with Crippen molar-refractivity contribution in [1.82, 2.24) is 19.0 Å². The highest BCUT2D eigenvalue weighted by molar-refractivity contribution is 5.80. The number of rotatable bonds is 2. The van der Waals surface area contributed by atoms with Crippen LogP contribution in [0.5, 0.6) is 0 Å². The molecule has 3 heterocycles. The third-order valence-corrected chi connectivity index (χ3v) is 5.28. The Labute approximate surface area is 140 Å². The first kappa shape index (κ1) is 15.2. The molecular formula is C18H22N4O2. The van der Waals surface area contributed by atoms with Crippen molar-refractivity contribution in [3.8, 4) is 0 Å². The van der Waals surface area contributed by atoms with Gasteiger partial charge in [-0.25, -0.2) is 9.78 Å². The average molecular weight is 326 g/mol. The molecule has 1 atom stereocenters. The van der Waals surface area contributed by atoms with Crippen molar-refractivity contribution in [2.75, 3.05) is 13.1 Å². The lowest BCUT2D eigenvalue weighted by molar-refractivity contribution is -0.136. The quantitative estimate of drug-likeness (QED) is 0.792. The Hall–Kier alpha value is -2.37. The number of likely N-dealkylation sites (tertiary alicyclic amines) is 1. The fourth-order valence-corrected chi connectivity index (χ4v) is 3.96. The molecule has 0 unspecified atom stereocenters. The summed E-state index contributed by atoms with van der Waals surface area (Å²) >= 11 is 0. The molecule has 6 nitrogen and oxygen atoms in total. The summed E-state index contributed by atoms with van der Waals surface area (Å²) in [6, 6.07) is 3.76. The number of amides is 1. The summed E-state index contributed by atoms with van der Waals surface area (Å²) < 4.78 is 3.42. The van der Waals surface area contributed by atoms with E-state index in [9.17, 15) is 9.59 Å². The Morgan fingerprint density at radius 3 is 2.88 bits per heavy atom. The number of allylic oxidation sites excluding steroid dienone is 2. The van der Waals surface area contributed by atoms with Crippen LogP contribution in [0.2, 0.25) is 0 Å². The Morgan fingerprint density at radius 2 is 2.08 bits per heavy atom. The molecule has 1 amide bonds. The standard InChI is InChI=1S/C18H22N4O2/c1-20-15-9-4-10-19-16(15)22(18(20)24)14-8-5-11-21(12-14)17(23)13-6-2-3-7-13/h2-4,9-10,13-14H,5-8,11-12H2,1H3/t14-/m0/s1. The van der Waals surface area contributed by atoms with E-state index in [1.165, 1.54) is 0 Å². The first-order valence-electron chi connectivity index (χ1n) is 8.62. The molecule has 1 aliphatic carbocycles. The predicted octanol–water partition coefficient (Wildman–Crippen LogP) is 1.86. The molecule has 0 aromatic carbocycles. The van der Waals surface area contributed by atoms with Crippen molar-refractivity contribution >= 4 is 17.1 Å². The number of piperidine rings is 1. The fraction of sp³-hybridized carbons (Fsp3) is 0.500. The Morgan fingerprint density at radius 1 is 1.29 bits per heavy atom. The number of aryl methyl sites for hydroxylation is 1. The van der Waals surface area contributed by atoms with Gasteiger partial charge in [-0.1, -0.05) is 12.2 Å². The zero-order valence-corrected chi connectivity index (χ0v) is 13.9. The highest BCUT2D eigenvalue weighted by Gasteiger charge is 2.31. The maximum atomic E-state index is 12.7. The first-order valence-corrected chi connectivity index (χ1v) is 8.62. The second-order valence-electron chi connectivity index (χ2n) is 6.78. The monoisotopic (exact) mass is 326 g/mol. The van der Waals surface area contributed by atoms with Gasteiger partial charge in [0, 0.05) is 32.3 Å². The Bertz CT molecular complexity index is 856. The van der Waals surface area contributed by atoms with Gasteiger partial charge in [-0.05, 0) is 37.8 Å². The molecule has 0 spiro atoms. The van der Waals surface area contributed by atoms with Gasteiger partial charge >= 0.3 is 5.69 Å². The van der Waals surface area contributed by atoms with Crippen LogP contribution in [0.4, 0.5) is 0 Å². The van der Waals surface area contributed by atoms with Gasteiger partial charge < -0.3 is 4.90 Å². The molecule has 2 aromatic heterocycles. The molecule has 24 heavy (non-hydrogen) atoms. The lowest BCUT2D eigenvalue weighted by atomic mass is 10.0. The molecule has 4 rings (SSSR count). The Balaban J connectivity index is 1.64. The van der Waals surface area contributed by atoms with Crippen LogP contribution in [-0.4, -0.2) is 38.0 Å². The van der Waals surface area contributed by atoms with Crippen molar-refractivity contribution in [3.05, 3.63) is 41.0 Å². The summed E-state index contributed by atoms with van der Waals surface area (Å²) in [6.07, 6.45) is 9.40. The van der Waals surface area contributed by atoms with Gasteiger partial charge in [0.25, 0.3) is 0 Å². The molecule has 0 radical (unpaired) electrons. The Kier molecular flexibility index (Phi) is 3.75. The van der Waals surface area contributed by atoms with Crippen molar-refractivity contribution in [1.29, 1.82) is 0 Å². The number of pyridine rings is 1. The highest BCUT2D eigenvalue weighted by Crippen LogP contribution is 2.27. The molecule has 2 aromatic rings. The van der Waals surface area contributed by atoms with E-state index < -0.39 is 0 Å². The van der Waals surface area contributed by atoms with Crippen LogP contribution in [0.3, 0.4) is 0 Å². The van der Waals surface area contributed by atoms with Crippen LogP contribution < -0.4 is 5.69 Å². The van der Waals surface area contributed by atoms with E-state index in [-0.39, 0.29) is 23.6 Å². The highest BCUT2D eigenvalue weighted by atomic mass is 16.2. The third kappa shape index (κ3) is 2.37. The van der Waals surface area contributed by atoms with E-state index in [2.05, 4.69) is 17.1 Å². The maximum absolute atomic E-state index is 12.7. The number of aromatic nitrogens is 3. The zero-order valence-electron chi connectivity index (χ0n) is 13.9. The predicted molar refractivity (Wildman–Crippen MR) is 91.7 cm³/mol. The first-order chi connectivity index (χ1) is 11.7. The van der Waals surface area contributed by atoms with E-state index >= 15 is 0 Å². The van der Waals surface area contributed by atoms with Crippen LogP contribution in [-0.2, 0) is 11.8 Å². The molecule has 1 aliphatic heterocycles. The minimum Gasteiger partial charge on any atom is -0.340 e. The number of nitrogens with zero attached hydrogens (tertiary/aromatic N) is 4. The summed E-state index contributed by atoms with van der Waals surface area (Å²) in [7, 11) is 1.78. The van der Waals surface area contributed by atoms with Gasteiger partial charge in [-0.3, -0.25) is 13.9 Å². The number of fused-ring (bicyclic) bond motifs is 1. The molecule has 1 fully saturated rings. The number of carbonyl (C=O) groups is 1. The molecular weight excluding hydrogens is 304 g/mol. The van der Waals surface area contributed by atoms with Gasteiger partial charge in [0.15, 0.2) is 5.65 Å². The minimum absolute atomic E-state index is 0.00293. The van der Waals surface area contributed by atoms with Crippen LogP contribution >= 0.6 is 0 Å².